The van der Waals surface area contributed by atoms with Gasteiger partial charge < -0.3 is 9.73 Å². The third-order valence-electron chi connectivity index (χ3n) is 2.69. The molecule has 1 N–H and O–H groups in total. The molecule has 0 atom stereocenters. The van der Waals surface area contributed by atoms with Crippen LogP contribution in [0.25, 0.3) is 11.3 Å². The lowest BCUT2D eigenvalue weighted by molar-refractivity contribution is -0.385. The molecular weight excluding hydrogens is 265 g/mol. The summed E-state index contributed by atoms with van der Waals surface area (Å²) in [7, 11) is 0. The molecular formula is C13H14FN3O3. The molecule has 0 unspecified atom stereocenters. The third kappa shape index (κ3) is 3.18. The minimum atomic E-state index is -0.705. The van der Waals surface area contributed by atoms with Crippen molar-refractivity contribution in [2.24, 2.45) is 0 Å². The number of halogens is 1. The second-order valence-corrected chi connectivity index (χ2v) is 4.22. The number of nitro groups is 1. The molecule has 2 rings (SSSR count). The van der Waals surface area contributed by atoms with Crippen LogP contribution in [-0.4, -0.2) is 16.5 Å². The minimum Gasteiger partial charge on any atom is -0.439 e. The van der Waals surface area contributed by atoms with Crippen molar-refractivity contribution in [3.8, 4) is 11.3 Å². The Hall–Kier alpha value is -2.28. The Morgan fingerprint density at radius 1 is 1.50 bits per heavy atom. The quantitative estimate of drug-likeness (QED) is 0.499. The first-order valence-corrected chi connectivity index (χ1v) is 6.21. The van der Waals surface area contributed by atoms with Crippen LogP contribution < -0.4 is 5.32 Å². The molecule has 0 aliphatic carbocycles. The molecule has 0 aliphatic heterocycles. The highest BCUT2D eigenvalue weighted by Crippen LogP contribution is 2.26. The average molecular weight is 279 g/mol. The zero-order valence-electron chi connectivity index (χ0n) is 10.9. The van der Waals surface area contributed by atoms with E-state index in [4.69, 9.17) is 4.42 Å². The van der Waals surface area contributed by atoms with Crippen LogP contribution in [0.2, 0.25) is 0 Å². The van der Waals surface area contributed by atoms with E-state index in [1.165, 1.54) is 18.3 Å². The molecule has 0 saturated carbocycles. The van der Waals surface area contributed by atoms with E-state index in [2.05, 4.69) is 10.3 Å². The lowest BCUT2D eigenvalue weighted by Gasteiger charge is -2.00. The fourth-order valence-corrected chi connectivity index (χ4v) is 1.71. The Kier molecular flexibility index (Phi) is 4.41. The number of nitrogens with one attached hydrogen (secondary N) is 1. The van der Waals surface area contributed by atoms with Crippen molar-refractivity contribution >= 4 is 5.69 Å². The largest absolute Gasteiger partial charge is 0.439 e. The summed E-state index contributed by atoms with van der Waals surface area (Å²) in [6.45, 7) is 3.34. The molecule has 20 heavy (non-hydrogen) atoms. The molecule has 106 valence electrons. The first kappa shape index (κ1) is 14.1. The predicted octanol–water partition coefficient (Wildman–Crippen LogP) is 2.89. The van der Waals surface area contributed by atoms with Crippen molar-refractivity contribution in [1.82, 2.24) is 10.3 Å². The number of benzene rings is 1. The average Bonchev–Trinajstić information content (AvgIpc) is 2.87. The van der Waals surface area contributed by atoms with Gasteiger partial charge in [0.05, 0.1) is 29.3 Å². The Morgan fingerprint density at radius 3 is 2.95 bits per heavy atom. The number of hydrogen-bond donors (Lipinski definition) is 1. The summed E-state index contributed by atoms with van der Waals surface area (Å²) < 4.78 is 19.2. The van der Waals surface area contributed by atoms with Crippen LogP contribution in [0.4, 0.5) is 10.1 Å². The van der Waals surface area contributed by atoms with E-state index in [9.17, 15) is 14.5 Å². The number of non-ortho nitro benzene ring substituents is 1. The van der Waals surface area contributed by atoms with Crippen LogP contribution in [0.3, 0.4) is 0 Å². The maximum atomic E-state index is 13.8. The lowest BCUT2D eigenvalue weighted by Crippen LogP contribution is -2.13. The Morgan fingerprint density at radius 2 is 2.30 bits per heavy atom. The Bertz CT molecular complexity index is 613. The number of nitrogens with zero attached hydrogens (tertiary/aromatic N) is 2. The predicted molar refractivity (Wildman–Crippen MR) is 70.5 cm³/mol. The van der Waals surface area contributed by atoms with Gasteiger partial charge in [-0.25, -0.2) is 9.37 Å². The van der Waals surface area contributed by atoms with Crippen molar-refractivity contribution in [2.75, 3.05) is 6.54 Å². The molecule has 0 fully saturated rings. The summed E-state index contributed by atoms with van der Waals surface area (Å²) in [6.07, 6.45) is 2.40. The number of rotatable bonds is 6. The number of oxazole rings is 1. The van der Waals surface area contributed by atoms with Gasteiger partial charge in [0.15, 0.2) is 5.76 Å². The van der Waals surface area contributed by atoms with E-state index in [0.29, 0.717) is 12.4 Å². The Balaban J connectivity index is 2.17. The molecule has 1 aromatic carbocycles. The number of nitro benzene ring substituents is 1. The maximum absolute atomic E-state index is 13.8. The lowest BCUT2D eigenvalue weighted by atomic mass is 10.1. The van der Waals surface area contributed by atoms with Crippen LogP contribution in [0.15, 0.2) is 28.8 Å². The van der Waals surface area contributed by atoms with Crippen molar-refractivity contribution in [1.29, 1.82) is 0 Å². The zero-order valence-corrected chi connectivity index (χ0v) is 10.9. The molecule has 0 spiro atoms. The van der Waals surface area contributed by atoms with Gasteiger partial charge in [-0.1, -0.05) is 6.92 Å². The second kappa shape index (κ2) is 6.25. The topological polar surface area (TPSA) is 81.2 Å². The summed E-state index contributed by atoms with van der Waals surface area (Å²) in [5.74, 6) is 0.000293. The fraction of sp³-hybridized carbons (Fsp3) is 0.308. The van der Waals surface area contributed by atoms with E-state index in [-0.39, 0.29) is 17.0 Å². The SMILES string of the molecule is CCCNCc1ncc(-c2ccc([N+](=O)[O-])cc2F)o1. The summed E-state index contributed by atoms with van der Waals surface area (Å²) in [6, 6.07) is 3.42. The van der Waals surface area contributed by atoms with Gasteiger partial charge in [0.2, 0.25) is 5.89 Å². The van der Waals surface area contributed by atoms with E-state index in [0.717, 1.165) is 19.0 Å². The maximum Gasteiger partial charge on any atom is 0.272 e. The highest BCUT2D eigenvalue weighted by Gasteiger charge is 2.15. The summed E-state index contributed by atoms with van der Waals surface area (Å²) in [5, 5.41) is 13.7. The summed E-state index contributed by atoms with van der Waals surface area (Å²) in [4.78, 5) is 13.9. The molecule has 0 amide bonds. The van der Waals surface area contributed by atoms with Gasteiger partial charge in [-0.15, -0.1) is 0 Å². The highest BCUT2D eigenvalue weighted by atomic mass is 19.1. The zero-order chi connectivity index (χ0) is 14.5. The van der Waals surface area contributed by atoms with Crippen LogP contribution in [0.1, 0.15) is 19.2 Å². The van der Waals surface area contributed by atoms with Gasteiger partial charge in [-0.2, -0.15) is 0 Å². The van der Waals surface area contributed by atoms with Gasteiger partial charge in [-0.3, -0.25) is 10.1 Å². The molecule has 1 aromatic heterocycles. The van der Waals surface area contributed by atoms with Gasteiger partial charge in [0, 0.05) is 6.07 Å². The first-order chi connectivity index (χ1) is 9.61. The standard InChI is InChI=1S/C13H14FN3O3/c1-2-5-15-8-13-16-7-12(20-13)10-4-3-9(17(18)19)6-11(10)14/h3-4,6-7,15H,2,5,8H2,1H3. The smallest absolute Gasteiger partial charge is 0.272 e. The molecule has 0 saturated heterocycles. The van der Waals surface area contributed by atoms with E-state index >= 15 is 0 Å². The molecule has 1 heterocycles. The molecule has 0 bridgehead atoms. The van der Waals surface area contributed by atoms with Gasteiger partial charge in [-0.05, 0) is 19.0 Å². The first-order valence-electron chi connectivity index (χ1n) is 6.21. The van der Waals surface area contributed by atoms with Crippen LogP contribution in [-0.2, 0) is 6.54 Å². The summed E-state index contributed by atoms with van der Waals surface area (Å²) in [5.41, 5.74) is -0.138. The van der Waals surface area contributed by atoms with Gasteiger partial charge in [0.25, 0.3) is 5.69 Å². The van der Waals surface area contributed by atoms with E-state index < -0.39 is 10.7 Å². The number of hydrogen-bond acceptors (Lipinski definition) is 5. The van der Waals surface area contributed by atoms with Crippen molar-refractivity contribution in [2.45, 2.75) is 19.9 Å². The van der Waals surface area contributed by atoms with E-state index in [1.807, 2.05) is 6.92 Å². The fourth-order valence-electron chi connectivity index (χ4n) is 1.71. The summed E-state index contributed by atoms with van der Waals surface area (Å²) >= 11 is 0. The van der Waals surface area contributed by atoms with Gasteiger partial charge in [0.1, 0.15) is 5.82 Å². The molecule has 6 nitrogen and oxygen atoms in total. The normalized spacial score (nSPS) is 10.7. The highest BCUT2D eigenvalue weighted by molar-refractivity contribution is 5.59. The van der Waals surface area contributed by atoms with Crippen molar-refractivity contribution in [3.05, 3.63) is 46.2 Å². The van der Waals surface area contributed by atoms with Gasteiger partial charge >= 0.3 is 0 Å². The van der Waals surface area contributed by atoms with Crippen molar-refractivity contribution in [3.63, 3.8) is 0 Å². The minimum absolute atomic E-state index is 0.157. The number of aromatic nitrogens is 1. The monoisotopic (exact) mass is 279 g/mol. The second-order valence-electron chi connectivity index (χ2n) is 4.22. The third-order valence-corrected chi connectivity index (χ3v) is 2.69. The van der Waals surface area contributed by atoms with Crippen LogP contribution in [0, 0.1) is 15.9 Å². The van der Waals surface area contributed by atoms with Crippen LogP contribution >= 0.6 is 0 Å². The Labute approximate surface area is 114 Å². The molecule has 2 aromatic rings. The van der Waals surface area contributed by atoms with Crippen molar-refractivity contribution < 1.29 is 13.7 Å². The van der Waals surface area contributed by atoms with Crippen LogP contribution in [0.5, 0.6) is 0 Å². The molecule has 7 heteroatoms. The molecule has 0 radical (unpaired) electrons. The van der Waals surface area contributed by atoms with E-state index in [1.54, 1.807) is 0 Å². The molecule has 0 aliphatic rings.